The van der Waals surface area contributed by atoms with Gasteiger partial charge in [0.25, 0.3) is 5.91 Å². The normalized spacial score (nSPS) is 11.8. The fourth-order valence-corrected chi connectivity index (χ4v) is 2.20. The maximum atomic E-state index is 12.1. The van der Waals surface area contributed by atoms with Crippen molar-refractivity contribution >= 4 is 18.2 Å². The zero-order chi connectivity index (χ0) is 17.6. The Morgan fingerprint density at radius 2 is 2.08 bits per heavy atom. The number of allylic oxidation sites excluding steroid dienone is 1. The van der Waals surface area contributed by atoms with Crippen LogP contribution in [0.2, 0.25) is 0 Å². The standard InChI is InChI=1S/C19H18N4O2/c1-13-5-7-15(8-6-13)17-11-18(22-21-17)19(24)23-20-12-14(2)10-16-4-3-9-25-16/h3-12H,1-2H3,(H,21,22)(H,23,24)/b14-10+,20-12-. The minimum atomic E-state index is -0.354. The van der Waals surface area contributed by atoms with Gasteiger partial charge in [0.05, 0.1) is 18.2 Å². The molecule has 2 heterocycles. The van der Waals surface area contributed by atoms with E-state index in [1.165, 1.54) is 5.56 Å². The van der Waals surface area contributed by atoms with Crippen LogP contribution in [0.25, 0.3) is 17.3 Å². The van der Waals surface area contributed by atoms with Crippen molar-refractivity contribution in [3.8, 4) is 11.3 Å². The van der Waals surface area contributed by atoms with Gasteiger partial charge >= 0.3 is 0 Å². The molecule has 0 radical (unpaired) electrons. The molecule has 6 nitrogen and oxygen atoms in total. The van der Waals surface area contributed by atoms with Crippen LogP contribution in [-0.4, -0.2) is 22.3 Å². The summed E-state index contributed by atoms with van der Waals surface area (Å²) < 4.78 is 5.21. The highest BCUT2D eigenvalue weighted by Gasteiger charge is 2.10. The second-order valence-corrected chi connectivity index (χ2v) is 5.64. The van der Waals surface area contributed by atoms with Crippen molar-refractivity contribution < 1.29 is 9.21 Å². The summed E-state index contributed by atoms with van der Waals surface area (Å²) in [5.74, 6) is 0.375. The molecule has 0 spiro atoms. The molecule has 1 amide bonds. The molecule has 0 aliphatic heterocycles. The Morgan fingerprint density at radius 3 is 2.80 bits per heavy atom. The number of hydrogen-bond acceptors (Lipinski definition) is 4. The Morgan fingerprint density at radius 1 is 1.28 bits per heavy atom. The van der Waals surface area contributed by atoms with E-state index in [0.717, 1.165) is 16.9 Å². The average molecular weight is 334 g/mol. The molecule has 0 atom stereocenters. The number of hydrazone groups is 1. The van der Waals surface area contributed by atoms with E-state index in [1.807, 2.05) is 56.3 Å². The summed E-state index contributed by atoms with van der Waals surface area (Å²) >= 11 is 0. The molecule has 3 aromatic rings. The van der Waals surface area contributed by atoms with Crippen LogP contribution >= 0.6 is 0 Å². The van der Waals surface area contributed by atoms with Gasteiger partial charge in [-0.3, -0.25) is 9.89 Å². The van der Waals surface area contributed by atoms with Crippen molar-refractivity contribution in [2.45, 2.75) is 13.8 Å². The smallest absolute Gasteiger partial charge is 0.289 e. The Bertz CT molecular complexity index is 903. The summed E-state index contributed by atoms with van der Waals surface area (Å²) in [6.45, 7) is 3.89. The topological polar surface area (TPSA) is 83.3 Å². The molecule has 0 fully saturated rings. The number of aryl methyl sites for hydroxylation is 1. The summed E-state index contributed by atoms with van der Waals surface area (Å²) in [5.41, 5.74) is 6.49. The number of H-pyrrole nitrogens is 1. The number of carbonyl (C=O) groups is 1. The van der Waals surface area contributed by atoms with Crippen LogP contribution in [0.5, 0.6) is 0 Å². The molecule has 3 rings (SSSR count). The van der Waals surface area contributed by atoms with Crippen molar-refractivity contribution in [3.05, 3.63) is 71.3 Å². The summed E-state index contributed by atoms with van der Waals surface area (Å²) in [5, 5.41) is 10.8. The van der Waals surface area contributed by atoms with Crippen LogP contribution in [0.3, 0.4) is 0 Å². The minimum absolute atomic E-state index is 0.348. The molecule has 1 aromatic carbocycles. The highest BCUT2D eigenvalue weighted by atomic mass is 16.3. The summed E-state index contributed by atoms with van der Waals surface area (Å²) in [7, 11) is 0. The van der Waals surface area contributed by atoms with Gasteiger partial charge in [-0.1, -0.05) is 29.8 Å². The van der Waals surface area contributed by atoms with Gasteiger partial charge in [-0.05, 0) is 43.7 Å². The van der Waals surface area contributed by atoms with Crippen molar-refractivity contribution in [2.24, 2.45) is 5.10 Å². The molecule has 0 bridgehead atoms. The largest absolute Gasteiger partial charge is 0.465 e. The first-order valence-electron chi connectivity index (χ1n) is 7.79. The third kappa shape index (κ3) is 4.32. The number of amides is 1. The van der Waals surface area contributed by atoms with Crippen molar-refractivity contribution in [3.63, 3.8) is 0 Å². The van der Waals surface area contributed by atoms with Gasteiger partial charge in [0, 0.05) is 5.56 Å². The molecule has 0 aliphatic rings. The van der Waals surface area contributed by atoms with E-state index in [-0.39, 0.29) is 5.91 Å². The second kappa shape index (κ2) is 7.44. The molecule has 2 aromatic heterocycles. The molecule has 6 heteroatoms. The third-order valence-electron chi connectivity index (χ3n) is 3.52. The Balaban J connectivity index is 1.62. The van der Waals surface area contributed by atoms with Crippen LogP contribution in [0, 0.1) is 6.92 Å². The van der Waals surface area contributed by atoms with Crippen LogP contribution in [0.4, 0.5) is 0 Å². The van der Waals surface area contributed by atoms with Gasteiger partial charge in [-0.15, -0.1) is 0 Å². The van der Waals surface area contributed by atoms with Crippen LogP contribution in [0.1, 0.15) is 28.7 Å². The molecule has 2 N–H and O–H groups in total. The number of aromatic amines is 1. The number of furan rings is 1. The zero-order valence-corrected chi connectivity index (χ0v) is 14.0. The van der Waals surface area contributed by atoms with E-state index in [1.54, 1.807) is 18.5 Å². The second-order valence-electron chi connectivity index (χ2n) is 5.64. The van der Waals surface area contributed by atoms with Gasteiger partial charge in [0.1, 0.15) is 11.5 Å². The lowest BCUT2D eigenvalue weighted by molar-refractivity contribution is 0.0950. The lowest BCUT2D eigenvalue weighted by Gasteiger charge is -1.96. The SMILES string of the molecule is CC(/C=N\NC(=O)c1cc(-c2ccc(C)cc2)n[nH]1)=C\c1ccco1. The molecule has 0 saturated heterocycles. The van der Waals surface area contributed by atoms with Gasteiger partial charge in [-0.2, -0.15) is 10.2 Å². The van der Waals surface area contributed by atoms with Crippen LogP contribution in [0.15, 0.2) is 63.8 Å². The van der Waals surface area contributed by atoms with E-state index in [4.69, 9.17) is 4.42 Å². The zero-order valence-electron chi connectivity index (χ0n) is 14.0. The fourth-order valence-electron chi connectivity index (χ4n) is 2.20. The Hall–Kier alpha value is -3.41. The van der Waals surface area contributed by atoms with Gasteiger partial charge in [0.15, 0.2) is 0 Å². The number of nitrogens with one attached hydrogen (secondary N) is 2. The molecule has 0 saturated carbocycles. The summed E-state index contributed by atoms with van der Waals surface area (Å²) in [4.78, 5) is 12.1. The number of benzene rings is 1. The summed E-state index contributed by atoms with van der Waals surface area (Å²) in [6.07, 6.45) is 4.97. The maximum Gasteiger partial charge on any atom is 0.289 e. The first-order chi connectivity index (χ1) is 12.1. The number of nitrogens with zero attached hydrogens (tertiary/aromatic N) is 2. The summed E-state index contributed by atoms with van der Waals surface area (Å²) in [6, 6.07) is 13.3. The van der Waals surface area contributed by atoms with Crippen molar-refractivity contribution in [1.29, 1.82) is 0 Å². The number of aromatic nitrogens is 2. The van der Waals surface area contributed by atoms with Gasteiger partial charge in [-0.25, -0.2) is 5.43 Å². The highest BCUT2D eigenvalue weighted by Crippen LogP contribution is 2.18. The Labute approximate surface area is 145 Å². The lowest BCUT2D eigenvalue weighted by Crippen LogP contribution is -2.17. The van der Waals surface area contributed by atoms with E-state index < -0.39 is 0 Å². The van der Waals surface area contributed by atoms with E-state index in [0.29, 0.717) is 11.4 Å². The van der Waals surface area contributed by atoms with Gasteiger partial charge in [0.2, 0.25) is 0 Å². The van der Waals surface area contributed by atoms with E-state index >= 15 is 0 Å². The van der Waals surface area contributed by atoms with Crippen molar-refractivity contribution in [1.82, 2.24) is 15.6 Å². The lowest BCUT2D eigenvalue weighted by atomic mass is 10.1. The minimum Gasteiger partial charge on any atom is -0.465 e. The first-order valence-corrected chi connectivity index (χ1v) is 7.79. The number of hydrogen-bond donors (Lipinski definition) is 2. The average Bonchev–Trinajstić information content (AvgIpc) is 3.27. The monoisotopic (exact) mass is 334 g/mol. The van der Waals surface area contributed by atoms with Crippen LogP contribution in [-0.2, 0) is 0 Å². The number of rotatable bonds is 5. The molecular weight excluding hydrogens is 316 g/mol. The maximum absolute atomic E-state index is 12.1. The first kappa shape index (κ1) is 16.4. The van der Waals surface area contributed by atoms with E-state index in [9.17, 15) is 4.79 Å². The van der Waals surface area contributed by atoms with Crippen molar-refractivity contribution in [2.75, 3.05) is 0 Å². The molecule has 0 aliphatic carbocycles. The number of carbonyl (C=O) groups excluding carboxylic acids is 1. The molecule has 126 valence electrons. The molecular formula is C19H18N4O2. The highest BCUT2D eigenvalue weighted by molar-refractivity contribution is 5.94. The molecule has 0 unspecified atom stereocenters. The third-order valence-corrected chi connectivity index (χ3v) is 3.52. The fraction of sp³-hybridized carbons (Fsp3) is 0.105. The van der Waals surface area contributed by atoms with Gasteiger partial charge < -0.3 is 4.42 Å². The van der Waals surface area contributed by atoms with E-state index in [2.05, 4.69) is 20.7 Å². The van der Waals surface area contributed by atoms with Crippen LogP contribution < -0.4 is 5.43 Å². The predicted molar refractivity (Wildman–Crippen MR) is 97.1 cm³/mol. The Kier molecular flexibility index (Phi) is 4.89. The quantitative estimate of drug-likeness (QED) is 0.550. The molecule has 25 heavy (non-hydrogen) atoms. The predicted octanol–water partition coefficient (Wildman–Crippen LogP) is 3.80.